The van der Waals surface area contributed by atoms with Crippen molar-refractivity contribution in [1.29, 1.82) is 0 Å². The third-order valence-electron chi connectivity index (χ3n) is 8.67. The number of ether oxygens (including phenoxy) is 6. The van der Waals surface area contributed by atoms with Gasteiger partial charge in [-0.1, -0.05) is 12.2 Å². The first-order valence-electron chi connectivity index (χ1n) is 15.8. The first-order valence-corrected chi connectivity index (χ1v) is 15.8. The molecule has 3 aliphatic rings. The van der Waals surface area contributed by atoms with E-state index in [1.54, 1.807) is 0 Å². The SMILES string of the molecule is OCC1OC(OCC2OC(Oc3cc(O)cc(C=Cc4ccc(OC5OC(CO)C(O)C(O)C5O)cc4O)c3)C(O)C(O)C2O)C(O)C(O)C1O. The Morgan fingerprint density at radius 3 is 1.61 bits per heavy atom. The smallest absolute Gasteiger partial charge is 0.229 e. The van der Waals surface area contributed by atoms with E-state index in [1.807, 2.05) is 0 Å². The summed E-state index contributed by atoms with van der Waals surface area (Å²) in [6, 6.07) is 7.97. The predicted molar refractivity (Wildman–Crippen MR) is 167 cm³/mol. The molecule has 5 rings (SSSR count). The third kappa shape index (κ3) is 8.71. The first-order chi connectivity index (χ1) is 24.2. The molecule has 15 unspecified atom stereocenters. The van der Waals surface area contributed by atoms with Gasteiger partial charge < -0.3 is 94.8 Å². The summed E-state index contributed by atoms with van der Waals surface area (Å²) in [7, 11) is 0. The molecule has 51 heavy (non-hydrogen) atoms. The highest BCUT2D eigenvalue weighted by molar-refractivity contribution is 5.74. The standard InChI is InChI=1S/C32H42O19/c33-9-18-21(37)24(40)27(43)30(49-18)46-11-20-23(39)26(42)29(45)32(51-20)48-16-6-12(5-14(35)7-16)1-2-13-3-4-15(8-17(13)36)47-31-28(44)25(41)22(38)19(10-34)50-31/h1-8,18-45H,9-11H2. The van der Waals surface area contributed by atoms with Gasteiger partial charge in [-0.3, -0.25) is 0 Å². The molecule has 19 nitrogen and oxygen atoms in total. The highest BCUT2D eigenvalue weighted by Gasteiger charge is 2.48. The van der Waals surface area contributed by atoms with Crippen LogP contribution in [0.2, 0.25) is 0 Å². The zero-order valence-electron chi connectivity index (χ0n) is 26.7. The van der Waals surface area contributed by atoms with Crippen LogP contribution in [0.15, 0.2) is 36.4 Å². The molecule has 2 aromatic carbocycles. The molecule has 2 aromatic rings. The molecule has 0 aromatic heterocycles. The van der Waals surface area contributed by atoms with Crippen molar-refractivity contribution in [2.45, 2.75) is 92.1 Å². The first kappa shape index (κ1) is 39.0. The van der Waals surface area contributed by atoms with Crippen molar-refractivity contribution < 1.29 is 94.8 Å². The van der Waals surface area contributed by atoms with Gasteiger partial charge in [-0.2, -0.15) is 0 Å². The lowest BCUT2D eigenvalue weighted by Gasteiger charge is -2.42. The van der Waals surface area contributed by atoms with Crippen LogP contribution in [-0.2, 0) is 18.9 Å². The average Bonchev–Trinajstić information content (AvgIpc) is 3.10. The maximum absolute atomic E-state index is 10.6. The van der Waals surface area contributed by atoms with Crippen molar-refractivity contribution in [2.75, 3.05) is 19.8 Å². The molecule has 0 aliphatic carbocycles. The Hall–Kier alpha value is -3.22. The molecule has 0 bridgehead atoms. The molecular weight excluding hydrogens is 688 g/mol. The molecule has 15 atom stereocenters. The van der Waals surface area contributed by atoms with Crippen LogP contribution in [0.4, 0.5) is 0 Å². The van der Waals surface area contributed by atoms with Gasteiger partial charge in [-0.05, 0) is 29.8 Å². The molecule has 0 saturated carbocycles. The highest BCUT2D eigenvalue weighted by atomic mass is 16.7. The molecule has 284 valence electrons. The van der Waals surface area contributed by atoms with E-state index in [4.69, 9.17) is 28.4 Å². The summed E-state index contributed by atoms with van der Waals surface area (Å²) in [6.07, 6.45) is -20.8. The summed E-state index contributed by atoms with van der Waals surface area (Å²) in [6.45, 7) is -1.92. The fourth-order valence-electron chi connectivity index (χ4n) is 5.67. The van der Waals surface area contributed by atoms with Crippen LogP contribution in [0.3, 0.4) is 0 Å². The zero-order chi connectivity index (χ0) is 37.1. The van der Waals surface area contributed by atoms with Crippen LogP contribution < -0.4 is 9.47 Å². The number of phenolic OH excluding ortho intramolecular Hbond substituents is 2. The van der Waals surface area contributed by atoms with E-state index in [0.717, 1.165) is 0 Å². The topological polar surface area (TPSA) is 318 Å². The molecule has 3 saturated heterocycles. The van der Waals surface area contributed by atoms with E-state index in [2.05, 4.69) is 0 Å². The summed E-state index contributed by atoms with van der Waals surface area (Å²) in [4.78, 5) is 0. The van der Waals surface area contributed by atoms with Gasteiger partial charge in [0.15, 0.2) is 6.29 Å². The van der Waals surface area contributed by atoms with Gasteiger partial charge in [0.25, 0.3) is 0 Å². The minimum Gasteiger partial charge on any atom is -0.508 e. The predicted octanol–water partition coefficient (Wildman–Crippen LogP) is -4.55. The van der Waals surface area contributed by atoms with E-state index < -0.39 is 112 Å². The maximum Gasteiger partial charge on any atom is 0.229 e. The van der Waals surface area contributed by atoms with E-state index >= 15 is 0 Å². The minimum absolute atomic E-state index is 0.0252. The molecule has 0 amide bonds. The van der Waals surface area contributed by atoms with Gasteiger partial charge in [0.1, 0.15) is 96.2 Å². The summed E-state index contributed by atoms with van der Waals surface area (Å²) >= 11 is 0. The number of hydrogen-bond donors (Lipinski definition) is 13. The quantitative estimate of drug-likeness (QED) is 0.0968. The molecule has 13 N–H and O–H groups in total. The van der Waals surface area contributed by atoms with E-state index in [-0.39, 0.29) is 28.6 Å². The zero-order valence-corrected chi connectivity index (χ0v) is 26.7. The van der Waals surface area contributed by atoms with Gasteiger partial charge in [0.2, 0.25) is 12.6 Å². The van der Waals surface area contributed by atoms with Crippen LogP contribution in [0.25, 0.3) is 12.2 Å². The van der Waals surface area contributed by atoms with Crippen molar-refractivity contribution in [2.24, 2.45) is 0 Å². The number of hydrogen-bond acceptors (Lipinski definition) is 19. The molecule has 3 aliphatic heterocycles. The van der Waals surface area contributed by atoms with Gasteiger partial charge in [-0.25, -0.2) is 0 Å². The van der Waals surface area contributed by atoms with Crippen molar-refractivity contribution in [3.8, 4) is 23.0 Å². The van der Waals surface area contributed by atoms with Crippen molar-refractivity contribution in [1.82, 2.24) is 0 Å². The highest BCUT2D eigenvalue weighted by Crippen LogP contribution is 2.32. The van der Waals surface area contributed by atoms with Gasteiger partial charge in [0, 0.05) is 17.7 Å². The Kier molecular flexibility index (Phi) is 12.7. The molecule has 0 spiro atoms. The van der Waals surface area contributed by atoms with Gasteiger partial charge in [-0.15, -0.1) is 0 Å². The number of aliphatic hydroxyl groups excluding tert-OH is 11. The molecular formula is C32H42O19. The lowest BCUT2D eigenvalue weighted by molar-refractivity contribution is -0.323. The maximum atomic E-state index is 10.6. The Balaban J connectivity index is 1.23. The second-order valence-electron chi connectivity index (χ2n) is 12.3. The van der Waals surface area contributed by atoms with Crippen molar-refractivity contribution >= 4 is 12.2 Å². The number of benzene rings is 2. The fourth-order valence-corrected chi connectivity index (χ4v) is 5.67. The van der Waals surface area contributed by atoms with Crippen LogP contribution in [0, 0.1) is 0 Å². The molecule has 0 radical (unpaired) electrons. The normalized spacial score (nSPS) is 38.8. The molecule has 19 heteroatoms. The van der Waals surface area contributed by atoms with Crippen LogP contribution >= 0.6 is 0 Å². The van der Waals surface area contributed by atoms with E-state index in [9.17, 15) is 66.4 Å². The summed E-state index contributed by atoms with van der Waals surface area (Å²) in [5.41, 5.74) is 0.604. The molecule has 3 heterocycles. The number of aromatic hydroxyl groups is 2. The number of phenols is 2. The summed E-state index contributed by atoms with van der Waals surface area (Å²) in [5.74, 6) is -0.595. The Morgan fingerprint density at radius 1 is 0.529 bits per heavy atom. The lowest BCUT2D eigenvalue weighted by atomic mass is 9.98. The van der Waals surface area contributed by atoms with Crippen LogP contribution in [-0.4, -0.2) is 178 Å². The Bertz CT molecular complexity index is 1470. The van der Waals surface area contributed by atoms with Crippen molar-refractivity contribution in [3.63, 3.8) is 0 Å². The minimum atomic E-state index is -1.81. The lowest BCUT2D eigenvalue weighted by Crippen LogP contribution is -2.62. The van der Waals surface area contributed by atoms with E-state index in [0.29, 0.717) is 5.56 Å². The van der Waals surface area contributed by atoms with Crippen molar-refractivity contribution in [3.05, 3.63) is 47.5 Å². The van der Waals surface area contributed by atoms with E-state index in [1.165, 1.54) is 48.6 Å². The summed E-state index contributed by atoms with van der Waals surface area (Å²) in [5, 5.41) is 131. The Labute approximate surface area is 289 Å². The van der Waals surface area contributed by atoms with Gasteiger partial charge in [0.05, 0.1) is 19.8 Å². The average molecular weight is 731 g/mol. The molecule has 3 fully saturated rings. The monoisotopic (exact) mass is 730 g/mol. The summed E-state index contributed by atoms with van der Waals surface area (Å²) < 4.78 is 32.8. The Morgan fingerprint density at radius 2 is 1.04 bits per heavy atom. The number of rotatable bonds is 11. The second-order valence-corrected chi connectivity index (χ2v) is 12.3. The third-order valence-corrected chi connectivity index (χ3v) is 8.67. The largest absolute Gasteiger partial charge is 0.508 e. The van der Waals surface area contributed by atoms with Crippen LogP contribution in [0.1, 0.15) is 11.1 Å². The van der Waals surface area contributed by atoms with Crippen LogP contribution in [0.5, 0.6) is 23.0 Å². The number of aliphatic hydroxyl groups is 11. The van der Waals surface area contributed by atoms with Gasteiger partial charge >= 0.3 is 0 Å². The fraction of sp³-hybridized carbons (Fsp3) is 0.562. The second kappa shape index (κ2) is 16.6.